The Morgan fingerprint density at radius 3 is 2.45 bits per heavy atom. The fourth-order valence-electron chi connectivity index (χ4n) is 1.74. The molecule has 0 heterocycles. The van der Waals surface area contributed by atoms with Gasteiger partial charge in [-0.15, -0.1) is 0 Å². The van der Waals surface area contributed by atoms with Crippen LogP contribution in [-0.4, -0.2) is 30.0 Å². The molecule has 0 atom stereocenters. The molecule has 1 rings (SSSR count). The minimum atomic E-state index is -0.407. The second kappa shape index (κ2) is 8.27. The number of nitro groups is 1. The first-order valence-corrected chi connectivity index (χ1v) is 6.72. The van der Waals surface area contributed by atoms with E-state index in [0.29, 0.717) is 13.0 Å². The van der Waals surface area contributed by atoms with Crippen LogP contribution in [0.4, 0.5) is 5.69 Å². The van der Waals surface area contributed by atoms with Crippen molar-refractivity contribution in [2.75, 3.05) is 13.1 Å². The van der Waals surface area contributed by atoms with Gasteiger partial charge in [-0.1, -0.05) is 12.1 Å². The summed E-state index contributed by atoms with van der Waals surface area (Å²) in [5.74, 6) is 0.0443. The van der Waals surface area contributed by atoms with Crippen LogP contribution in [0.25, 0.3) is 0 Å². The van der Waals surface area contributed by atoms with E-state index in [4.69, 9.17) is 0 Å². The van der Waals surface area contributed by atoms with E-state index in [1.54, 1.807) is 12.1 Å². The highest BCUT2D eigenvalue weighted by Gasteiger charge is 2.04. The van der Waals surface area contributed by atoms with Gasteiger partial charge in [-0.2, -0.15) is 0 Å². The molecule has 0 bridgehead atoms. The third-order valence-corrected chi connectivity index (χ3v) is 2.72. The largest absolute Gasteiger partial charge is 0.354 e. The van der Waals surface area contributed by atoms with Crippen molar-refractivity contribution in [1.82, 2.24) is 10.6 Å². The molecule has 6 nitrogen and oxygen atoms in total. The number of nitrogens with zero attached hydrogens (tertiary/aromatic N) is 1. The molecule has 0 saturated heterocycles. The molecule has 0 aliphatic carbocycles. The van der Waals surface area contributed by atoms with Crippen LogP contribution < -0.4 is 10.6 Å². The van der Waals surface area contributed by atoms with Gasteiger partial charge >= 0.3 is 0 Å². The van der Waals surface area contributed by atoms with Crippen LogP contribution in [0.15, 0.2) is 24.3 Å². The van der Waals surface area contributed by atoms with Gasteiger partial charge in [-0.3, -0.25) is 14.9 Å². The Hall–Kier alpha value is -1.95. The van der Waals surface area contributed by atoms with Crippen molar-refractivity contribution in [3.8, 4) is 0 Å². The summed E-state index contributed by atoms with van der Waals surface area (Å²) in [6.07, 6.45) is 1.24. The van der Waals surface area contributed by atoms with Gasteiger partial charge in [-0.05, 0) is 32.4 Å². The van der Waals surface area contributed by atoms with Gasteiger partial charge in [0.2, 0.25) is 5.91 Å². The molecule has 0 fully saturated rings. The van der Waals surface area contributed by atoms with E-state index >= 15 is 0 Å². The smallest absolute Gasteiger partial charge is 0.269 e. The van der Waals surface area contributed by atoms with Crippen LogP contribution >= 0.6 is 0 Å². The van der Waals surface area contributed by atoms with E-state index in [-0.39, 0.29) is 17.6 Å². The predicted octanol–water partition coefficient (Wildman–Crippen LogP) is 1.64. The Bertz CT molecular complexity index is 443. The number of hydrogen-bond acceptors (Lipinski definition) is 4. The highest BCUT2D eigenvalue weighted by Crippen LogP contribution is 2.11. The van der Waals surface area contributed by atoms with E-state index in [2.05, 4.69) is 10.6 Å². The average molecular weight is 279 g/mol. The number of benzene rings is 1. The van der Waals surface area contributed by atoms with Gasteiger partial charge in [0, 0.05) is 31.1 Å². The van der Waals surface area contributed by atoms with Crippen molar-refractivity contribution in [3.05, 3.63) is 39.9 Å². The molecule has 2 N–H and O–H groups in total. The summed E-state index contributed by atoms with van der Waals surface area (Å²) in [5.41, 5.74) is 1.14. The first kappa shape index (κ1) is 16.1. The lowest BCUT2D eigenvalue weighted by atomic mass is 10.1. The normalized spacial score (nSPS) is 10.6. The highest BCUT2D eigenvalue weighted by atomic mass is 16.6. The van der Waals surface area contributed by atoms with Crippen LogP contribution in [0.2, 0.25) is 0 Å². The van der Waals surface area contributed by atoms with Crippen molar-refractivity contribution >= 4 is 11.6 Å². The van der Waals surface area contributed by atoms with Gasteiger partial charge in [0.15, 0.2) is 0 Å². The average Bonchev–Trinajstić information content (AvgIpc) is 2.38. The molecule has 0 aliphatic heterocycles. The Balaban J connectivity index is 2.18. The second-order valence-corrected chi connectivity index (χ2v) is 4.90. The standard InChI is InChI=1S/C14H21N3O3/c1-11(2)16-14(18)8-10-15-9-7-12-3-5-13(6-4-12)17(19)20/h3-6,11,15H,7-10H2,1-2H3,(H,16,18). The Kier molecular flexibility index (Phi) is 6.66. The van der Waals surface area contributed by atoms with Crippen LogP contribution in [0.5, 0.6) is 0 Å². The van der Waals surface area contributed by atoms with Crippen molar-refractivity contribution in [3.63, 3.8) is 0 Å². The molecule has 0 unspecified atom stereocenters. The zero-order chi connectivity index (χ0) is 15.0. The quantitative estimate of drug-likeness (QED) is 0.430. The summed E-state index contributed by atoms with van der Waals surface area (Å²) < 4.78 is 0. The number of hydrogen-bond donors (Lipinski definition) is 2. The van der Waals surface area contributed by atoms with Gasteiger partial charge in [-0.25, -0.2) is 0 Å². The molecule has 0 spiro atoms. The number of rotatable bonds is 8. The number of nitrogens with one attached hydrogen (secondary N) is 2. The summed E-state index contributed by atoms with van der Waals surface area (Å²) in [5, 5.41) is 16.5. The molecular formula is C14H21N3O3. The van der Waals surface area contributed by atoms with Crippen LogP contribution in [-0.2, 0) is 11.2 Å². The molecule has 0 saturated carbocycles. The number of non-ortho nitro benzene ring substituents is 1. The maximum absolute atomic E-state index is 11.4. The SMILES string of the molecule is CC(C)NC(=O)CCNCCc1ccc([N+](=O)[O-])cc1. The molecule has 1 aromatic carbocycles. The van der Waals surface area contributed by atoms with E-state index in [1.807, 2.05) is 13.8 Å². The molecule has 0 radical (unpaired) electrons. The van der Waals surface area contributed by atoms with Crippen LogP contribution in [0, 0.1) is 10.1 Å². The Labute approximate surface area is 118 Å². The van der Waals surface area contributed by atoms with Crippen LogP contribution in [0.3, 0.4) is 0 Å². The number of carbonyl (C=O) groups is 1. The number of carbonyl (C=O) groups excluding carboxylic acids is 1. The zero-order valence-electron chi connectivity index (χ0n) is 11.9. The molecule has 0 aromatic heterocycles. The summed E-state index contributed by atoms with van der Waals surface area (Å²) in [6.45, 7) is 5.23. The first-order chi connectivity index (χ1) is 9.49. The Morgan fingerprint density at radius 2 is 1.90 bits per heavy atom. The fraction of sp³-hybridized carbons (Fsp3) is 0.500. The molecular weight excluding hydrogens is 258 g/mol. The number of amides is 1. The summed E-state index contributed by atoms with van der Waals surface area (Å²) >= 11 is 0. The topological polar surface area (TPSA) is 84.3 Å². The third-order valence-electron chi connectivity index (χ3n) is 2.72. The molecule has 110 valence electrons. The van der Waals surface area contributed by atoms with Gasteiger partial charge < -0.3 is 10.6 Å². The minimum Gasteiger partial charge on any atom is -0.354 e. The monoisotopic (exact) mass is 279 g/mol. The minimum absolute atomic E-state index is 0.0443. The lowest BCUT2D eigenvalue weighted by molar-refractivity contribution is -0.384. The lowest BCUT2D eigenvalue weighted by Gasteiger charge is -2.08. The molecule has 0 aliphatic rings. The second-order valence-electron chi connectivity index (χ2n) is 4.90. The highest BCUT2D eigenvalue weighted by molar-refractivity contribution is 5.76. The van der Waals surface area contributed by atoms with E-state index in [1.165, 1.54) is 12.1 Å². The molecule has 20 heavy (non-hydrogen) atoms. The maximum Gasteiger partial charge on any atom is 0.269 e. The van der Waals surface area contributed by atoms with Crippen LogP contribution in [0.1, 0.15) is 25.8 Å². The fourth-order valence-corrected chi connectivity index (χ4v) is 1.74. The summed E-state index contributed by atoms with van der Waals surface area (Å²) in [4.78, 5) is 21.5. The van der Waals surface area contributed by atoms with Crippen molar-refractivity contribution in [1.29, 1.82) is 0 Å². The molecule has 1 amide bonds. The molecule has 6 heteroatoms. The summed E-state index contributed by atoms with van der Waals surface area (Å²) in [6, 6.07) is 6.69. The van der Waals surface area contributed by atoms with E-state index < -0.39 is 4.92 Å². The predicted molar refractivity (Wildman–Crippen MR) is 77.6 cm³/mol. The lowest BCUT2D eigenvalue weighted by Crippen LogP contribution is -2.32. The third kappa shape index (κ3) is 6.29. The van der Waals surface area contributed by atoms with Gasteiger partial charge in [0.05, 0.1) is 4.92 Å². The maximum atomic E-state index is 11.4. The van der Waals surface area contributed by atoms with E-state index in [0.717, 1.165) is 18.5 Å². The summed E-state index contributed by atoms with van der Waals surface area (Å²) in [7, 11) is 0. The van der Waals surface area contributed by atoms with Crippen molar-refractivity contribution in [2.24, 2.45) is 0 Å². The van der Waals surface area contributed by atoms with Gasteiger partial charge in [0.25, 0.3) is 5.69 Å². The van der Waals surface area contributed by atoms with Crippen molar-refractivity contribution < 1.29 is 9.72 Å². The van der Waals surface area contributed by atoms with E-state index in [9.17, 15) is 14.9 Å². The van der Waals surface area contributed by atoms with Crippen molar-refractivity contribution in [2.45, 2.75) is 32.7 Å². The number of nitro benzene ring substituents is 1. The zero-order valence-corrected chi connectivity index (χ0v) is 11.9. The molecule has 1 aromatic rings. The van der Waals surface area contributed by atoms with Gasteiger partial charge in [0.1, 0.15) is 0 Å². The Morgan fingerprint density at radius 1 is 1.25 bits per heavy atom. The first-order valence-electron chi connectivity index (χ1n) is 6.72.